The minimum absolute atomic E-state index is 0.148. The number of rotatable bonds is 6. The molecule has 1 rings (SSSR count). The van der Waals surface area contributed by atoms with Crippen molar-refractivity contribution in [2.24, 2.45) is 5.73 Å². The van der Waals surface area contributed by atoms with Crippen LogP contribution in [0.1, 0.15) is 12.5 Å². The summed E-state index contributed by atoms with van der Waals surface area (Å²) in [5.74, 6) is 0.528. The molecule has 0 aliphatic carbocycles. The van der Waals surface area contributed by atoms with Crippen molar-refractivity contribution < 1.29 is 10.2 Å². The van der Waals surface area contributed by atoms with Crippen LogP contribution in [-0.4, -0.2) is 45.1 Å². The second kappa shape index (κ2) is 6.15. The fraction of sp³-hybridized carbons (Fsp3) is 0.600. The van der Waals surface area contributed by atoms with Crippen LogP contribution in [0.2, 0.25) is 0 Å². The van der Waals surface area contributed by atoms with Crippen molar-refractivity contribution >= 4 is 17.6 Å². The van der Waals surface area contributed by atoms with Crippen LogP contribution in [0.15, 0.2) is 11.4 Å². The second-order valence-electron chi connectivity index (χ2n) is 3.94. The first-order valence-electron chi connectivity index (χ1n) is 5.19. The number of hydrogen-bond acceptors (Lipinski definition) is 7. The number of nitrogens with two attached hydrogens (primary N) is 1. The molecule has 0 unspecified atom stereocenters. The molecule has 96 valence electrons. The Hall–Kier alpha value is -0.890. The first-order chi connectivity index (χ1) is 8.02. The van der Waals surface area contributed by atoms with E-state index in [2.05, 4.69) is 15.3 Å². The number of hydrogen-bond donors (Lipinski definition) is 4. The van der Waals surface area contributed by atoms with Gasteiger partial charge in [0.1, 0.15) is 5.82 Å². The van der Waals surface area contributed by atoms with E-state index < -0.39 is 5.60 Å². The van der Waals surface area contributed by atoms with Crippen LogP contribution in [0.3, 0.4) is 0 Å². The van der Waals surface area contributed by atoms with Crippen LogP contribution >= 0.6 is 11.8 Å². The molecule has 0 aliphatic heterocycles. The van der Waals surface area contributed by atoms with E-state index in [4.69, 9.17) is 10.8 Å². The molecule has 1 heterocycles. The van der Waals surface area contributed by atoms with Crippen LogP contribution in [0.25, 0.3) is 0 Å². The molecule has 5 N–H and O–H groups in total. The highest BCUT2D eigenvalue weighted by Crippen LogP contribution is 2.17. The van der Waals surface area contributed by atoms with Crippen molar-refractivity contribution in [3.8, 4) is 0 Å². The van der Waals surface area contributed by atoms with Gasteiger partial charge in [0.25, 0.3) is 0 Å². The molecule has 0 aliphatic rings. The monoisotopic (exact) mass is 258 g/mol. The Morgan fingerprint density at radius 2 is 2.29 bits per heavy atom. The normalized spacial score (nSPS) is 14.4. The summed E-state index contributed by atoms with van der Waals surface area (Å²) in [6, 6.07) is 0. The summed E-state index contributed by atoms with van der Waals surface area (Å²) < 4.78 is 0. The highest BCUT2D eigenvalue weighted by molar-refractivity contribution is 7.98. The van der Waals surface area contributed by atoms with Gasteiger partial charge in [-0.05, 0) is 13.2 Å². The molecule has 1 atom stereocenters. The van der Waals surface area contributed by atoms with Gasteiger partial charge in [0.2, 0.25) is 0 Å². The predicted molar refractivity (Wildman–Crippen MR) is 67.9 cm³/mol. The average Bonchev–Trinajstić information content (AvgIpc) is 2.36. The maximum atomic E-state index is 9.78. The van der Waals surface area contributed by atoms with E-state index in [1.165, 1.54) is 11.8 Å². The second-order valence-corrected chi connectivity index (χ2v) is 4.72. The van der Waals surface area contributed by atoms with Gasteiger partial charge in [-0.2, -0.15) is 0 Å². The van der Waals surface area contributed by atoms with Gasteiger partial charge >= 0.3 is 0 Å². The lowest BCUT2D eigenvalue weighted by Crippen LogP contribution is -2.41. The van der Waals surface area contributed by atoms with Crippen molar-refractivity contribution in [1.82, 2.24) is 9.97 Å². The van der Waals surface area contributed by atoms with Crippen molar-refractivity contribution in [3.05, 3.63) is 11.8 Å². The summed E-state index contributed by atoms with van der Waals surface area (Å²) in [4.78, 5) is 8.29. The molecular formula is C10H18N4O2S. The largest absolute Gasteiger partial charge is 0.391 e. The minimum atomic E-state index is -1.00. The Labute approximate surface area is 105 Å². The number of aromatic nitrogens is 2. The molecule has 0 spiro atoms. The van der Waals surface area contributed by atoms with E-state index in [1.807, 2.05) is 6.26 Å². The van der Waals surface area contributed by atoms with Crippen molar-refractivity contribution in [2.75, 3.05) is 24.7 Å². The van der Waals surface area contributed by atoms with Crippen molar-refractivity contribution in [2.45, 2.75) is 24.3 Å². The zero-order valence-electron chi connectivity index (χ0n) is 9.97. The van der Waals surface area contributed by atoms with Crippen LogP contribution in [0.4, 0.5) is 5.82 Å². The highest BCUT2D eigenvalue weighted by Gasteiger charge is 2.18. The Kier molecular flexibility index (Phi) is 5.13. The summed E-state index contributed by atoms with van der Waals surface area (Å²) in [6.45, 7) is 1.90. The third-order valence-corrected chi connectivity index (χ3v) is 2.83. The van der Waals surface area contributed by atoms with Crippen LogP contribution in [-0.2, 0) is 6.61 Å². The van der Waals surface area contributed by atoms with Gasteiger partial charge in [0.05, 0.1) is 12.2 Å². The van der Waals surface area contributed by atoms with Crippen molar-refractivity contribution in [1.29, 1.82) is 0 Å². The van der Waals surface area contributed by atoms with Crippen LogP contribution in [0.5, 0.6) is 0 Å². The Morgan fingerprint density at radius 3 is 2.82 bits per heavy atom. The molecule has 7 heteroatoms. The molecule has 6 nitrogen and oxygen atoms in total. The lowest BCUT2D eigenvalue weighted by Gasteiger charge is -2.22. The molecule has 0 saturated carbocycles. The van der Waals surface area contributed by atoms with E-state index in [-0.39, 0.29) is 19.7 Å². The number of thioether (sulfide) groups is 1. The maximum Gasteiger partial charge on any atom is 0.189 e. The SMILES string of the molecule is CSc1ncc(CO)c(NC[C@](C)(O)CN)n1. The number of anilines is 1. The van der Waals surface area contributed by atoms with Gasteiger partial charge in [-0.25, -0.2) is 9.97 Å². The van der Waals surface area contributed by atoms with Crippen molar-refractivity contribution in [3.63, 3.8) is 0 Å². The number of aliphatic hydroxyl groups is 2. The van der Waals surface area contributed by atoms with Crippen LogP contribution < -0.4 is 11.1 Å². The fourth-order valence-corrected chi connectivity index (χ4v) is 1.44. The predicted octanol–water partition coefficient (Wildman–Crippen LogP) is -0.188. The first kappa shape index (κ1) is 14.2. The van der Waals surface area contributed by atoms with Gasteiger partial charge < -0.3 is 21.3 Å². The summed E-state index contributed by atoms with van der Waals surface area (Å²) in [5, 5.41) is 22.5. The van der Waals surface area contributed by atoms with Crippen LogP contribution in [0, 0.1) is 0 Å². The quantitative estimate of drug-likeness (QED) is 0.414. The Morgan fingerprint density at radius 1 is 1.59 bits per heavy atom. The smallest absolute Gasteiger partial charge is 0.189 e. The lowest BCUT2D eigenvalue weighted by atomic mass is 10.1. The molecule has 17 heavy (non-hydrogen) atoms. The molecule has 1 aromatic heterocycles. The molecule has 0 bridgehead atoms. The first-order valence-corrected chi connectivity index (χ1v) is 6.42. The third kappa shape index (κ3) is 4.12. The molecule has 0 amide bonds. The van der Waals surface area contributed by atoms with Gasteiger partial charge in [-0.3, -0.25) is 0 Å². The summed E-state index contributed by atoms with van der Waals surface area (Å²) in [5.41, 5.74) is 5.01. The molecular weight excluding hydrogens is 240 g/mol. The van der Waals surface area contributed by atoms with E-state index in [1.54, 1.807) is 13.1 Å². The summed E-state index contributed by atoms with van der Waals surface area (Å²) in [7, 11) is 0. The lowest BCUT2D eigenvalue weighted by molar-refractivity contribution is 0.0828. The molecule has 0 saturated heterocycles. The van der Waals surface area contributed by atoms with Gasteiger partial charge in [0.15, 0.2) is 5.16 Å². The molecule has 0 aromatic carbocycles. The number of nitrogens with zero attached hydrogens (tertiary/aromatic N) is 2. The van der Waals surface area contributed by atoms with E-state index in [0.717, 1.165) is 0 Å². The summed E-state index contributed by atoms with van der Waals surface area (Å²) >= 11 is 1.41. The van der Waals surface area contributed by atoms with Gasteiger partial charge in [0, 0.05) is 24.8 Å². The number of aliphatic hydroxyl groups excluding tert-OH is 1. The summed E-state index contributed by atoms with van der Waals surface area (Å²) in [6.07, 6.45) is 3.44. The van der Waals surface area contributed by atoms with E-state index in [9.17, 15) is 5.11 Å². The molecule has 0 fully saturated rings. The standard InChI is InChI=1S/C10H18N4O2S/c1-10(16,5-11)6-13-8-7(4-15)3-12-9(14-8)17-2/h3,15-16H,4-6,11H2,1-2H3,(H,12,13,14)/t10-/m1/s1. The van der Waals surface area contributed by atoms with Gasteiger partial charge in [-0.1, -0.05) is 11.8 Å². The Bertz CT molecular complexity index is 373. The third-order valence-electron chi connectivity index (χ3n) is 2.27. The maximum absolute atomic E-state index is 9.78. The zero-order chi connectivity index (χ0) is 12.9. The minimum Gasteiger partial charge on any atom is -0.391 e. The van der Waals surface area contributed by atoms with Gasteiger partial charge in [-0.15, -0.1) is 0 Å². The Balaban J connectivity index is 2.81. The average molecular weight is 258 g/mol. The topological polar surface area (TPSA) is 104 Å². The number of nitrogens with one attached hydrogen (secondary N) is 1. The zero-order valence-corrected chi connectivity index (χ0v) is 10.8. The van der Waals surface area contributed by atoms with E-state index in [0.29, 0.717) is 16.5 Å². The fourth-order valence-electron chi connectivity index (χ4n) is 1.10. The highest BCUT2D eigenvalue weighted by atomic mass is 32.2. The molecule has 0 radical (unpaired) electrons. The molecule has 1 aromatic rings. The van der Waals surface area contributed by atoms with E-state index >= 15 is 0 Å².